The van der Waals surface area contributed by atoms with Gasteiger partial charge in [0.2, 0.25) is 5.91 Å². The Morgan fingerprint density at radius 1 is 1.28 bits per heavy atom. The molecule has 0 saturated carbocycles. The van der Waals surface area contributed by atoms with Gasteiger partial charge in [-0.1, -0.05) is 12.2 Å². The first kappa shape index (κ1) is 19.0. The van der Waals surface area contributed by atoms with Gasteiger partial charge in [-0.2, -0.15) is 0 Å². The van der Waals surface area contributed by atoms with Crippen LogP contribution in [-0.2, 0) is 9.59 Å². The Morgan fingerprint density at radius 3 is 2.06 bits per heavy atom. The highest BCUT2D eigenvalue weighted by Crippen LogP contribution is 1.99. The molecule has 1 atom stereocenters. The standard InChI is InChI=1S/C12H20N2O3.ClH/c1-5-7-14(8-6-2)11(15)9-13(4)10(3)12(16)17;/h5-6,10H,1-2,7-9H2,3-4H3,(H,16,17);1H. The van der Waals surface area contributed by atoms with Gasteiger partial charge in [-0.25, -0.2) is 0 Å². The maximum absolute atomic E-state index is 11.9. The molecule has 0 heterocycles. The smallest absolute Gasteiger partial charge is 0.320 e. The molecule has 1 amide bonds. The first-order valence-electron chi connectivity index (χ1n) is 5.36. The number of carboxylic acids is 1. The molecule has 5 nitrogen and oxygen atoms in total. The molecule has 104 valence electrons. The number of carboxylic acid groups (broad SMARTS) is 1. The highest BCUT2D eigenvalue weighted by molar-refractivity contribution is 5.85. The van der Waals surface area contributed by atoms with Gasteiger partial charge in [-0.05, 0) is 14.0 Å². The van der Waals surface area contributed by atoms with Crippen LogP contribution in [0.15, 0.2) is 25.3 Å². The van der Waals surface area contributed by atoms with Crippen LogP contribution in [0.25, 0.3) is 0 Å². The second kappa shape index (κ2) is 9.67. The Morgan fingerprint density at radius 2 is 1.72 bits per heavy atom. The summed E-state index contributed by atoms with van der Waals surface area (Å²) >= 11 is 0. The number of nitrogens with zero attached hydrogens (tertiary/aromatic N) is 2. The average Bonchev–Trinajstić information content (AvgIpc) is 2.27. The van der Waals surface area contributed by atoms with Gasteiger partial charge in [0.25, 0.3) is 0 Å². The molecule has 0 aromatic rings. The van der Waals surface area contributed by atoms with E-state index in [0.29, 0.717) is 13.1 Å². The van der Waals surface area contributed by atoms with Gasteiger partial charge >= 0.3 is 5.97 Å². The van der Waals surface area contributed by atoms with Crippen LogP contribution < -0.4 is 0 Å². The number of rotatable bonds is 8. The lowest BCUT2D eigenvalue weighted by Gasteiger charge is -2.25. The molecule has 0 spiro atoms. The monoisotopic (exact) mass is 276 g/mol. The summed E-state index contributed by atoms with van der Waals surface area (Å²) in [7, 11) is 1.61. The topological polar surface area (TPSA) is 60.9 Å². The first-order valence-corrected chi connectivity index (χ1v) is 5.36. The molecule has 0 aromatic heterocycles. The molecule has 1 N–H and O–H groups in total. The summed E-state index contributed by atoms with van der Waals surface area (Å²) in [5.74, 6) is -1.08. The van der Waals surface area contributed by atoms with Crippen molar-refractivity contribution in [3.63, 3.8) is 0 Å². The van der Waals surface area contributed by atoms with Gasteiger partial charge in [0.1, 0.15) is 6.04 Å². The maximum atomic E-state index is 11.9. The van der Waals surface area contributed by atoms with Crippen LogP contribution in [0.3, 0.4) is 0 Å². The molecular formula is C12H21ClN2O3. The highest BCUT2D eigenvalue weighted by atomic mass is 35.5. The third kappa shape index (κ3) is 6.42. The Bertz CT molecular complexity index is 298. The minimum atomic E-state index is -0.945. The molecule has 0 aliphatic heterocycles. The quantitative estimate of drug-likeness (QED) is 0.672. The largest absolute Gasteiger partial charge is 0.480 e. The number of carbonyl (C=O) groups excluding carboxylic acids is 1. The normalized spacial score (nSPS) is 11.3. The zero-order chi connectivity index (χ0) is 13.4. The number of hydrogen-bond donors (Lipinski definition) is 1. The number of amides is 1. The van der Waals surface area contributed by atoms with Gasteiger partial charge in [0, 0.05) is 13.1 Å². The minimum absolute atomic E-state index is 0. The van der Waals surface area contributed by atoms with Crippen molar-refractivity contribution in [2.24, 2.45) is 0 Å². The SMILES string of the molecule is C=CCN(CC=C)C(=O)CN(C)C(C)C(=O)O.Cl. The van der Waals surface area contributed by atoms with Crippen LogP contribution in [0, 0.1) is 0 Å². The summed E-state index contributed by atoms with van der Waals surface area (Å²) in [6, 6.07) is -0.687. The number of hydrogen-bond acceptors (Lipinski definition) is 3. The molecule has 0 bridgehead atoms. The van der Waals surface area contributed by atoms with Crippen LogP contribution in [-0.4, -0.2) is 59.5 Å². The second-order valence-electron chi connectivity index (χ2n) is 3.81. The Hall–Kier alpha value is -1.33. The summed E-state index contributed by atoms with van der Waals surface area (Å²) < 4.78 is 0. The van der Waals surface area contributed by atoms with Crippen molar-refractivity contribution < 1.29 is 14.7 Å². The summed E-state index contributed by atoms with van der Waals surface area (Å²) in [6.07, 6.45) is 3.25. The van der Waals surface area contributed by atoms with Crippen LogP contribution in [0.5, 0.6) is 0 Å². The van der Waals surface area contributed by atoms with Crippen LogP contribution in [0.2, 0.25) is 0 Å². The van der Waals surface area contributed by atoms with Gasteiger partial charge in [0.05, 0.1) is 6.54 Å². The van der Waals surface area contributed by atoms with E-state index in [2.05, 4.69) is 13.2 Å². The van der Waals surface area contributed by atoms with Gasteiger partial charge < -0.3 is 10.0 Å². The fourth-order valence-corrected chi connectivity index (χ4v) is 1.23. The Balaban J connectivity index is 0. The lowest BCUT2D eigenvalue weighted by molar-refractivity contribution is -0.143. The van der Waals surface area contributed by atoms with Crippen molar-refractivity contribution in [1.82, 2.24) is 9.80 Å². The van der Waals surface area contributed by atoms with Gasteiger partial charge in [0.15, 0.2) is 0 Å². The zero-order valence-electron chi connectivity index (χ0n) is 10.8. The predicted molar refractivity (Wildman–Crippen MR) is 73.9 cm³/mol. The second-order valence-corrected chi connectivity index (χ2v) is 3.81. The summed E-state index contributed by atoms with van der Waals surface area (Å²) in [6.45, 7) is 9.61. The fourth-order valence-electron chi connectivity index (χ4n) is 1.23. The average molecular weight is 277 g/mol. The lowest BCUT2D eigenvalue weighted by Crippen LogP contribution is -2.44. The highest BCUT2D eigenvalue weighted by Gasteiger charge is 2.21. The van der Waals surface area contributed by atoms with E-state index in [4.69, 9.17) is 5.11 Å². The Labute approximate surface area is 114 Å². The van der Waals surface area contributed by atoms with E-state index in [0.717, 1.165) is 0 Å². The molecule has 0 fully saturated rings. The number of aliphatic carboxylic acids is 1. The number of carbonyl (C=O) groups is 2. The molecule has 0 rings (SSSR count). The van der Waals surface area contributed by atoms with Crippen molar-refractivity contribution in [3.8, 4) is 0 Å². The first-order chi connectivity index (χ1) is 7.93. The Kier molecular flexibility index (Phi) is 10.2. The fraction of sp³-hybridized carbons (Fsp3) is 0.500. The van der Waals surface area contributed by atoms with Crippen molar-refractivity contribution in [3.05, 3.63) is 25.3 Å². The molecule has 0 saturated heterocycles. The third-order valence-electron chi connectivity index (χ3n) is 2.45. The van der Waals surface area contributed by atoms with Gasteiger partial charge in [-0.15, -0.1) is 25.6 Å². The van der Waals surface area contributed by atoms with E-state index in [1.807, 2.05) is 0 Å². The predicted octanol–water partition coefficient (Wildman–Crippen LogP) is 1.01. The molecule has 0 aliphatic rings. The number of halogens is 1. The molecule has 0 aliphatic carbocycles. The van der Waals surface area contributed by atoms with Gasteiger partial charge in [-0.3, -0.25) is 14.5 Å². The maximum Gasteiger partial charge on any atom is 0.320 e. The van der Waals surface area contributed by atoms with E-state index < -0.39 is 12.0 Å². The van der Waals surface area contributed by atoms with E-state index in [-0.39, 0.29) is 24.9 Å². The summed E-state index contributed by atoms with van der Waals surface area (Å²) in [4.78, 5) is 25.7. The molecule has 18 heavy (non-hydrogen) atoms. The van der Waals surface area contributed by atoms with Crippen LogP contribution in [0.1, 0.15) is 6.92 Å². The third-order valence-corrected chi connectivity index (χ3v) is 2.45. The van der Waals surface area contributed by atoms with E-state index in [1.54, 1.807) is 31.0 Å². The lowest BCUT2D eigenvalue weighted by atomic mass is 10.3. The van der Waals surface area contributed by atoms with Crippen molar-refractivity contribution in [1.29, 1.82) is 0 Å². The van der Waals surface area contributed by atoms with Crippen molar-refractivity contribution >= 4 is 24.3 Å². The summed E-state index contributed by atoms with van der Waals surface area (Å²) in [5, 5.41) is 8.81. The summed E-state index contributed by atoms with van der Waals surface area (Å²) in [5.41, 5.74) is 0. The van der Waals surface area contributed by atoms with Crippen molar-refractivity contribution in [2.45, 2.75) is 13.0 Å². The van der Waals surface area contributed by atoms with E-state index in [9.17, 15) is 9.59 Å². The number of likely N-dealkylation sites (N-methyl/N-ethyl adjacent to an activating group) is 1. The molecule has 0 aromatic carbocycles. The zero-order valence-corrected chi connectivity index (χ0v) is 11.7. The van der Waals surface area contributed by atoms with E-state index >= 15 is 0 Å². The van der Waals surface area contributed by atoms with Crippen molar-refractivity contribution in [2.75, 3.05) is 26.7 Å². The molecular weight excluding hydrogens is 256 g/mol. The molecule has 6 heteroatoms. The van der Waals surface area contributed by atoms with E-state index in [1.165, 1.54) is 4.90 Å². The van der Waals surface area contributed by atoms with Crippen LogP contribution in [0.4, 0.5) is 0 Å². The minimum Gasteiger partial charge on any atom is -0.480 e. The molecule has 1 unspecified atom stereocenters. The molecule has 0 radical (unpaired) electrons. The van der Waals surface area contributed by atoms with Crippen LogP contribution >= 0.6 is 12.4 Å².